The summed E-state index contributed by atoms with van der Waals surface area (Å²) in [7, 11) is 0. The Bertz CT molecular complexity index is 101. The summed E-state index contributed by atoms with van der Waals surface area (Å²) in [6, 6.07) is 0. The molecule has 0 saturated carbocycles. The molecule has 0 rings (SSSR count). The lowest BCUT2D eigenvalue weighted by Gasteiger charge is -2.06. The first-order valence-electron chi connectivity index (χ1n) is 2.91. The normalized spacial score (nSPS) is 13.9. The van der Waals surface area contributed by atoms with Gasteiger partial charge in [0.15, 0.2) is 0 Å². The van der Waals surface area contributed by atoms with Crippen molar-refractivity contribution >= 4 is 16.8 Å². The second-order valence-electron chi connectivity index (χ2n) is 2.45. The van der Waals surface area contributed by atoms with Gasteiger partial charge in [0.2, 0.25) is 5.24 Å². The largest absolute Gasteiger partial charge is 0.384 e. The van der Waals surface area contributed by atoms with Gasteiger partial charge in [-0.3, -0.25) is 4.79 Å². The average molecular weight is 151 g/mol. The molecule has 0 aliphatic rings. The summed E-state index contributed by atoms with van der Waals surface area (Å²) < 4.78 is 0. The predicted molar refractivity (Wildman–Crippen MR) is 36.3 cm³/mol. The molecule has 9 heavy (non-hydrogen) atoms. The topological polar surface area (TPSA) is 37.3 Å². The van der Waals surface area contributed by atoms with Crippen LogP contribution in [0.2, 0.25) is 0 Å². The van der Waals surface area contributed by atoms with E-state index in [2.05, 4.69) is 0 Å². The Morgan fingerprint density at radius 1 is 1.67 bits per heavy atom. The first-order chi connectivity index (χ1) is 4.04. The van der Waals surface area contributed by atoms with Gasteiger partial charge in [-0.05, 0) is 23.9 Å². The highest BCUT2D eigenvalue weighted by Crippen LogP contribution is 2.06. The molecule has 0 bridgehead atoms. The van der Waals surface area contributed by atoms with E-state index in [0.29, 0.717) is 12.3 Å². The van der Waals surface area contributed by atoms with Gasteiger partial charge in [0, 0.05) is 0 Å². The fourth-order valence-corrected chi connectivity index (χ4v) is 0.628. The van der Waals surface area contributed by atoms with Gasteiger partial charge in [0.05, 0.1) is 0 Å². The smallest absolute Gasteiger partial charge is 0.250 e. The van der Waals surface area contributed by atoms with Crippen LogP contribution in [-0.4, -0.2) is 16.5 Å². The van der Waals surface area contributed by atoms with Crippen LogP contribution in [0.1, 0.15) is 20.3 Å². The summed E-state index contributed by atoms with van der Waals surface area (Å²) in [5, 5.41) is 8.15. The van der Waals surface area contributed by atoms with Crippen LogP contribution in [0.3, 0.4) is 0 Å². The minimum atomic E-state index is -0.980. The zero-order valence-corrected chi connectivity index (χ0v) is 6.35. The molecule has 0 fully saturated rings. The van der Waals surface area contributed by atoms with Crippen molar-refractivity contribution < 1.29 is 9.90 Å². The Morgan fingerprint density at radius 3 is 2.22 bits per heavy atom. The lowest BCUT2D eigenvalue weighted by Crippen LogP contribution is -2.16. The molecule has 0 aromatic rings. The molecule has 0 spiro atoms. The molecule has 0 aromatic carbocycles. The lowest BCUT2D eigenvalue weighted by atomic mass is 10.1. The van der Waals surface area contributed by atoms with Crippen LogP contribution in [0.4, 0.5) is 0 Å². The lowest BCUT2D eigenvalue weighted by molar-refractivity contribution is -0.119. The number of rotatable bonds is 3. The van der Waals surface area contributed by atoms with Gasteiger partial charge < -0.3 is 5.11 Å². The van der Waals surface area contributed by atoms with E-state index in [1.165, 1.54) is 0 Å². The third-order valence-corrected chi connectivity index (χ3v) is 1.21. The zero-order valence-electron chi connectivity index (χ0n) is 5.60. The second kappa shape index (κ2) is 3.85. The first-order valence-corrected chi connectivity index (χ1v) is 3.29. The van der Waals surface area contributed by atoms with Crippen molar-refractivity contribution in [2.24, 2.45) is 5.92 Å². The standard InChI is InChI=1S/C6H11ClO2/c1-4(2)3-5(8)6(7)9/h4-5,8H,3H2,1-2H3. The van der Waals surface area contributed by atoms with Gasteiger partial charge in [0.1, 0.15) is 6.10 Å². The van der Waals surface area contributed by atoms with Crippen molar-refractivity contribution in [3.8, 4) is 0 Å². The number of hydrogen-bond acceptors (Lipinski definition) is 2. The molecule has 0 radical (unpaired) electrons. The first kappa shape index (κ1) is 8.92. The minimum Gasteiger partial charge on any atom is -0.384 e. The molecule has 1 N–H and O–H groups in total. The Morgan fingerprint density at radius 2 is 2.11 bits per heavy atom. The quantitative estimate of drug-likeness (QED) is 0.613. The Kier molecular flexibility index (Phi) is 3.82. The Labute approximate surface area is 59.8 Å². The molecule has 1 atom stereocenters. The van der Waals surface area contributed by atoms with E-state index in [9.17, 15) is 4.79 Å². The highest BCUT2D eigenvalue weighted by molar-refractivity contribution is 6.64. The summed E-state index contributed by atoms with van der Waals surface area (Å²) in [5.74, 6) is 0.308. The summed E-state index contributed by atoms with van der Waals surface area (Å²) in [5.41, 5.74) is 0. The maximum Gasteiger partial charge on any atom is 0.250 e. The van der Waals surface area contributed by atoms with Crippen molar-refractivity contribution in [1.29, 1.82) is 0 Å². The SMILES string of the molecule is CC(C)CC(O)C(=O)Cl. The van der Waals surface area contributed by atoms with E-state index in [0.717, 1.165) is 0 Å². The fourth-order valence-electron chi connectivity index (χ4n) is 0.539. The van der Waals surface area contributed by atoms with E-state index < -0.39 is 11.3 Å². The Hall–Kier alpha value is -0.0800. The molecule has 0 amide bonds. The van der Waals surface area contributed by atoms with Gasteiger partial charge in [-0.15, -0.1) is 0 Å². The molecule has 0 heterocycles. The van der Waals surface area contributed by atoms with E-state index in [4.69, 9.17) is 16.7 Å². The molecular weight excluding hydrogens is 140 g/mol. The van der Waals surface area contributed by atoms with Crippen LogP contribution >= 0.6 is 11.6 Å². The molecule has 0 aliphatic carbocycles. The highest BCUT2D eigenvalue weighted by atomic mass is 35.5. The molecule has 2 nitrogen and oxygen atoms in total. The number of carbonyl (C=O) groups is 1. The maximum atomic E-state index is 10.2. The van der Waals surface area contributed by atoms with E-state index in [1.54, 1.807) is 0 Å². The molecule has 3 heteroatoms. The van der Waals surface area contributed by atoms with E-state index >= 15 is 0 Å². The number of halogens is 1. The summed E-state index contributed by atoms with van der Waals surface area (Å²) in [6.45, 7) is 3.84. The van der Waals surface area contributed by atoms with Crippen molar-refractivity contribution in [1.82, 2.24) is 0 Å². The van der Waals surface area contributed by atoms with Gasteiger partial charge >= 0.3 is 0 Å². The van der Waals surface area contributed by atoms with Crippen LogP contribution in [-0.2, 0) is 4.79 Å². The molecular formula is C6H11ClO2. The second-order valence-corrected chi connectivity index (χ2v) is 2.82. The average Bonchev–Trinajstić information content (AvgIpc) is 1.63. The van der Waals surface area contributed by atoms with Crippen molar-refractivity contribution in [3.63, 3.8) is 0 Å². The van der Waals surface area contributed by atoms with Crippen LogP contribution in [0.15, 0.2) is 0 Å². The number of hydrogen-bond donors (Lipinski definition) is 1. The molecule has 1 unspecified atom stereocenters. The Balaban J connectivity index is 3.50. The van der Waals surface area contributed by atoms with Crippen molar-refractivity contribution in [2.45, 2.75) is 26.4 Å². The van der Waals surface area contributed by atoms with Gasteiger partial charge in [-0.2, -0.15) is 0 Å². The fraction of sp³-hybridized carbons (Fsp3) is 0.833. The van der Waals surface area contributed by atoms with E-state index in [1.807, 2.05) is 13.8 Å². The van der Waals surface area contributed by atoms with Gasteiger partial charge in [-0.25, -0.2) is 0 Å². The molecule has 0 aromatic heterocycles. The molecule has 0 aliphatic heterocycles. The number of carbonyl (C=O) groups excluding carboxylic acids is 1. The zero-order chi connectivity index (χ0) is 7.44. The highest BCUT2D eigenvalue weighted by Gasteiger charge is 2.12. The third kappa shape index (κ3) is 4.43. The number of aliphatic hydroxyl groups is 1. The van der Waals surface area contributed by atoms with Crippen molar-refractivity contribution in [3.05, 3.63) is 0 Å². The van der Waals surface area contributed by atoms with Crippen LogP contribution in [0, 0.1) is 5.92 Å². The summed E-state index contributed by atoms with van der Waals surface area (Å²) in [4.78, 5) is 10.2. The predicted octanol–water partition coefficient (Wildman–Crippen LogP) is 1.16. The van der Waals surface area contributed by atoms with Crippen LogP contribution < -0.4 is 0 Å². The summed E-state index contributed by atoms with van der Waals surface area (Å²) >= 11 is 4.98. The maximum absolute atomic E-state index is 10.2. The molecule has 0 saturated heterocycles. The van der Waals surface area contributed by atoms with Crippen LogP contribution in [0.5, 0.6) is 0 Å². The molecule has 54 valence electrons. The van der Waals surface area contributed by atoms with Crippen LogP contribution in [0.25, 0.3) is 0 Å². The third-order valence-electron chi connectivity index (χ3n) is 0.957. The van der Waals surface area contributed by atoms with Gasteiger partial charge in [0.25, 0.3) is 0 Å². The monoisotopic (exact) mass is 150 g/mol. The van der Waals surface area contributed by atoms with E-state index in [-0.39, 0.29) is 0 Å². The minimum absolute atomic E-state index is 0.308. The number of aliphatic hydroxyl groups excluding tert-OH is 1. The van der Waals surface area contributed by atoms with Gasteiger partial charge in [-0.1, -0.05) is 13.8 Å². The summed E-state index contributed by atoms with van der Waals surface area (Å²) in [6.07, 6.45) is -0.533. The van der Waals surface area contributed by atoms with Crippen molar-refractivity contribution in [2.75, 3.05) is 0 Å².